The maximum Gasteiger partial charge on any atom is 0.356 e. The first-order valence-electron chi connectivity index (χ1n) is 4.31. The van der Waals surface area contributed by atoms with Crippen molar-refractivity contribution >= 4 is 15.8 Å². The summed E-state index contributed by atoms with van der Waals surface area (Å²) in [6.45, 7) is 1.54. The quantitative estimate of drug-likeness (QED) is 0.792. The molecule has 1 aromatic rings. The molecule has 0 fully saturated rings. The minimum atomic E-state index is -3.18. The number of aromatic nitrogens is 2. The number of rotatable bonds is 4. The minimum Gasteiger partial charge on any atom is -0.476 e. The number of aryl methyl sites for hydroxylation is 1. The summed E-state index contributed by atoms with van der Waals surface area (Å²) >= 11 is 0. The third-order valence-corrected chi connectivity index (χ3v) is 3.56. The molecule has 1 aromatic heterocycles. The average Bonchev–Trinajstić information content (AvgIpc) is 2.47. The Bertz CT molecular complexity index is 475. The molecular formula is C8H12N2O4S. The molecule has 0 radical (unpaired) electrons. The van der Waals surface area contributed by atoms with Crippen molar-refractivity contribution in [2.24, 2.45) is 7.05 Å². The standard InChI is InChI=1S/C8H12N2O4S/c1-3-15(13,14)5-7-9-6(8(11)12)4-10(7)2/h4H,3,5H2,1-2H3,(H,11,12). The number of carbonyl (C=O) groups is 1. The number of hydrogen-bond donors (Lipinski definition) is 1. The van der Waals surface area contributed by atoms with Crippen LogP contribution in [0, 0.1) is 0 Å². The molecule has 0 unspecified atom stereocenters. The van der Waals surface area contributed by atoms with Gasteiger partial charge in [-0.05, 0) is 0 Å². The van der Waals surface area contributed by atoms with Crippen LogP contribution in [0.4, 0.5) is 0 Å². The zero-order valence-electron chi connectivity index (χ0n) is 8.47. The molecule has 0 bridgehead atoms. The van der Waals surface area contributed by atoms with E-state index in [0.717, 1.165) is 0 Å². The Balaban J connectivity index is 3.02. The zero-order valence-corrected chi connectivity index (χ0v) is 9.28. The van der Waals surface area contributed by atoms with Crippen molar-refractivity contribution in [3.05, 3.63) is 17.7 Å². The van der Waals surface area contributed by atoms with Gasteiger partial charge in [0.1, 0.15) is 11.6 Å². The maximum absolute atomic E-state index is 11.3. The normalized spacial score (nSPS) is 11.6. The van der Waals surface area contributed by atoms with Gasteiger partial charge >= 0.3 is 5.97 Å². The van der Waals surface area contributed by atoms with Gasteiger partial charge in [0.2, 0.25) is 0 Å². The second-order valence-corrected chi connectivity index (χ2v) is 5.49. The monoisotopic (exact) mass is 232 g/mol. The smallest absolute Gasteiger partial charge is 0.356 e. The lowest BCUT2D eigenvalue weighted by atomic mass is 10.5. The highest BCUT2D eigenvalue weighted by atomic mass is 32.2. The molecule has 0 amide bonds. The Morgan fingerprint density at radius 2 is 2.20 bits per heavy atom. The van der Waals surface area contributed by atoms with Crippen LogP contribution in [0.5, 0.6) is 0 Å². The fourth-order valence-electron chi connectivity index (χ4n) is 1.04. The first-order chi connectivity index (χ1) is 6.85. The molecule has 0 aliphatic rings. The molecule has 7 heteroatoms. The number of sulfone groups is 1. The van der Waals surface area contributed by atoms with Crippen molar-refractivity contribution in [2.75, 3.05) is 5.75 Å². The van der Waals surface area contributed by atoms with Crippen molar-refractivity contribution in [1.29, 1.82) is 0 Å². The van der Waals surface area contributed by atoms with E-state index in [1.54, 1.807) is 7.05 Å². The number of aromatic carboxylic acids is 1. The molecule has 0 aromatic carbocycles. The maximum atomic E-state index is 11.3. The van der Waals surface area contributed by atoms with E-state index in [1.165, 1.54) is 17.7 Å². The van der Waals surface area contributed by atoms with E-state index >= 15 is 0 Å². The number of carboxylic acid groups (broad SMARTS) is 1. The minimum absolute atomic E-state index is 0.0161. The van der Waals surface area contributed by atoms with E-state index in [0.29, 0.717) is 0 Å². The Morgan fingerprint density at radius 1 is 1.60 bits per heavy atom. The summed E-state index contributed by atoms with van der Waals surface area (Å²) in [5.74, 6) is -1.13. The summed E-state index contributed by atoms with van der Waals surface area (Å²) in [6, 6.07) is 0. The fourth-order valence-corrected chi connectivity index (χ4v) is 1.91. The lowest BCUT2D eigenvalue weighted by Gasteiger charge is -2.00. The molecule has 0 spiro atoms. The Kier molecular flexibility index (Phi) is 3.13. The molecular weight excluding hydrogens is 220 g/mol. The lowest BCUT2D eigenvalue weighted by molar-refractivity contribution is 0.0691. The summed E-state index contributed by atoms with van der Waals surface area (Å²) < 4.78 is 24.0. The summed E-state index contributed by atoms with van der Waals surface area (Å²) in [5, 5.41) is 8.65. The molecule has 0 aliphatic carbocycles. The van der Waals surface area contributed by atoms with Gasteiger partial charge in [-0.1, -0.05) is 6.92 Å². The van der Waals surface area contributed by atoms with Gasteiger partial charge in [-0.25, -0.2) is 18.2 Å². The number of hydrogen-bond acceptors (Lipinski definition) is 4. The van der Waals surface area contributed by atoms with E-state index < -0.39 is 15.8 Å². The van der Waals surface area contributed by atoms with Crippen molar-refractivity contribution in [1.82, 2.24) is 9.55 Å². The summed E-state index contributed by atoms with van der Waals surface area (Å²) in [4.78, 5) is 14.3. The van der Waals surface area contributed by atoms with Gasteiger partial charge in [-0.15, -0.1) is 0 Å². The van der Waals surface area contributed by atoms with E-state index in [-0.39, 0.29) is 23.0 Å². The highest BCUT2D eigenvalue weighted by molar-refractivity contribution is 7.90. The molecule has 1 rings (SSSR count). The largest absolute Gasteiger partial charge is 0.476 e. The first-order valence-corrected chi connectivity index (χ1v) is 6.14. The van der Waals surface area contributed by atoms with Gasteiger partial charge in [-0.3, -0.25) is 0 Å². The van der Waals surface area contributed by atoms with Gasteiger partial charge in [0.25, 0.3) is 0 Å². The predicted octanol–water partition coefficient (Wildman–Crippen LogP) is 0.0530. The zero-order chi connectivity index (χ0) is 11.6. The van der Waals surface area contributed by atoms with Crippen LogP contribution in [-0.4, -0.2) is 34.8 Å². The Labute approximate surface area is 87.5 Å². The van der Waals surface area contributed by atoms with Crippen LogP contribution in [0.3, 0.4) is 0 Å². The topological polar surface area (TPSA) is 89.3 Å². The molecule has 15 heavy (non-hydrogen) atoms. The molecule has 0 atom stereocenters. The van der Waals surface area contributed by atoms with Gasteiger partial charge in [0, 0.05) is 19.0 Å². The van der Waals surface area contributed by atoms with Crippen molar-refractivity contribution in [3.8, 4) is 0 Å². The van der Waals surface area contributed by atoms with Crippen LogP contribution in [0.2, 0.25) is 0 Å². The van der Waals surface area contributed by atoms with Crippen LogP contribution in [-0.2, 0) is 22.6 Å². The molecule has 0 aliphatic heterocycles. The molecule has 84 valence electrons. The fraction of sp³-hybridized carbons (Fsp3) is 0.500. The summed E-state index contributed by atoms with van der Waals surface area (Å²) in [7, 11) is -1.61. The third-order valence-electron chi connectivity index (χ3n) is 1.98. The molecule has 0 saturated heterocycles. The van der Waals surface area contributed by atoms with Crippen molar-refractivity contribution in [3.63, 3.8) is 0 Å². The SMILES string of the molecule is CCS(=O)(=O)Cc1nc(C(=O)O)cn1C. The van der Waals surface area contributed by atoms with Gasteiger partial charge in [0.05, 0.1) is 0 Å². The van der Waals surface area contributed by atoms with Crippen LogP contribution in [0.1, 0.15) is 23.2 Å². The summed E-state index contributed by atoms with van der Waals surface area (Å²) in [6.07, 6.45) is 1.29. The van der Waals surface area contributed by atoms with Gasteiger partial charge < -0.3 is 9.67 Å². The van der Waals surface area contributed by atoms with Gasteiger partial charge in [-0.2, -0.15) is 0 Å². The van der Waals surface area contributed by atoms with Gasteiger partial charge in [0.15, 0.2) is 15.5 Å². The Morgan fingerprint density at radius 3 is 2.60 bits per heavy atom. The van der Waals surface area contributed by atoms with Crippen LogP contribution < -0.4 is 0 Å². The van der Waals surface area contributed by atoms with Crippen molar-refractivity contribution in [2.45, 2.75) is 12.7 Å². The highest BCUT2D eigenvalue weighted by Crippen LogP contribution is 2.06. The van der Waals surface area contributed by atoms with E-state index in [4.69, 9.17) is 5.11 Å². The molecule has 1 heterocycles. The van der Waals surface area contributed by atoms with E-state index in [9.17, 15) is 13.2 Å². The molecule has 0 saturated carbocycles. The van der Waals surface area contributed by atoms with Crippen molar-refractivity contribution < 1.29 is 18.3 Å². The van der Waals surface area contributed by atoms with E-state index in [2.05, 4.69) is 4.98 Å². The van der Waals surface area contributed by atoms with E-state index in [1.807, 2.05) is 0 Å². The second kappa shape index (κ2) is 4.01. The van der Waals surface area contributed by atoms with Crippen LogP contribution >= 0.6 is 0 Å². The molecule has 1 N–H and O–H groups in total. The van der Waals surface area contributed by atoms with Crippen LogP contribution in [0.25, 0.3) is 0 Å². The average molecular weight is 232 g/mol. The summed E-state index contributed by atoms with van der Waals surface area (Å²) in [5.41, 5.74) is -0.140. The number of nitrogens with zero attached hydrogens (tertiary/aromatic N) is 2. The second-order valence-electron chi connectivity index (χ2n) is 3.14. The molecule has 6 nitrogen and oxygen atoms in total. The highest BCUT2D eigenvalue weighted by Gasteiger charge is 2.16. The number of carboxylic acids is 1. The Hall–Kier alpha value is -1.37. The lowest BCUT2D eigenvalue weighted by Crippen LogP contribution is -2.10. The number of imidazole rings is 1. The predicted molar refractivity (Wildman–Crippen MR) is 53.3 cm³/mol. The third kappa shape index (κ3) is 2.79. The first kappa shape index (κ1) is 11.7. The van der Waals surface area contributed by atoms with Crippen LogP contribution in [0.15, 0.2) is 6.20 Å².